The SMILES string of the molecule is CCCCCCCCCCCCCCCCCCCCCC(=O)O[C@H](COC(=O)CCCCCCCCCCCCC(C)CC)COP(=O)(O)OC[C@@H](O)COP(=O)(O)OC[C@@H](COC(=O)CCCCCCCCC)OC(=O)CCCCCCCCCCCC. The molecule has 0 saturated heterocycles. The molecule has 0 radical (unpaired) electrons. The maximum Gasteiger partial charge on any atom is 0.472 e. The third kappa shape index (κ3) is 63.5. The molecular formula is C71H138O17P2. The zero-order chi connectivity index (χ0) is 66.3. The van der Waals surface area contributed by atoms with E-state index in [2.05, 4.69) is 34.6 Å². The first-order valence-corrected chi connectivity index (χ1v) is 40.2. The Morgan fingerprint density at radius 2 is 0.533 bits per heavy atom. The molecule has 3 N–H and O–H groups in total. The van der Waals surface area contributed by atoms with Crippen molar-refractivity contribution in [2.24, 2.45) is 5.92 Å². The molecule has 17 nitrogen and oxygen atoms in total. The van der Waals surface area contributed by atoms with Crippen LogP contribution in [-0.4, -0.2) is 96.7 Å². The smallest absolute Gasteiger partial charge is 0.462 e. The van der Waals surface area contributed by atoms with Crippen molar-refractivity contribution in [3.05, 3.63) is 0 Å². The van der Waals surface area contributed by atoms with E-state index >= 15 is 0 Å². The van der Waals surface area contributed by atoms with Crippen LogP contribution in [0.2, 0.25) is 0 Å². The summed E-state index contributed by atoms with van der Waals surface area (Å²) in [5.74, 6) is -1.32. The topological polar surface area (TPSA) is 237 Å². The first kappa shape index (κ1) is 88.1. The van der Waals surface area contributed by atoms with Gasteiger partial charge in [0.15, 0.2) is 12.2 Å². The number of phosphoric acid groups is 2. The summed E-state index contributed by atoms with van der Waals surface area (Å²) in [6, 6.07) is 0. The van der Waals surface area contributed by atoms with Crippen molar-refractivity contribution in [1.82, 2.24) is 0 Å². The Morgan fingerprint density at radius 1 is 0.311 bits per heavy atom. The Kier molecular flexibility index (Phi) is 63.0. The molecule has 534 valence electrons. The second-order valence-corrected chi connectivity index (χ2v) is 28.8. The van der Waals surface area contributed by atoms with Gasteiger partial charge in [0.25, 0.3) is 0 Å². The van der Waals surface area contributed by atoms with E-state index < -0.39 is 97.5 Å². The van der Waals surface area contributed by atoms with E-state index in [1.807, 2.05) is 0 Å². The standard InChI is InChI=1S/C71H138O17P2/c1-6-10-13-16-19-21-23-24-25-26-27-28-29-30-31-37-42-47-52-57-71(76)88-67(61-82-69(74)55-50-45-40-36-33-32-34-39-43-48-53-64(5)9-4)63-86-90(79,80)84-59-65(72)58-83-89(77,78)85-62-66(60-81-68(73)54-49-44-38-18-15-12-8-3)87-70(75)56-51-46-41-35-22-20-17-14-11-7-2/h64-67,72H,6-63H2,1-5H3,(H,77,78)(H,79,80)/t64?,65-,66+,67+/m0/s1. The van der Waals surface area contributed by atoms with Gasteiger partial charge in [-0.25, -0.2) is 9.13 Å². The molecule has 6 atom stereocenters. The number of hydrogen-bond acceptors (Lipinski definition) is 15. The number of unbranched alkanes of at least 4 members (excludes halogenated alkanes) is 42. The minimum absolute atomic E-state index is 0.106. The monoisotopic (exact) mass is 1320 g/mol. The maximum absolute atomic E-state index is 13.0. The molecule has 0 aromatic heterocycles. The molecule has 3 unspecified atom stereocenters. The van der Waals surface area contributed by atoms with Gasteiger partial charge < -0.3 is 33.8 Å². The first-order chi connectivity index (χ1) is 43.6. The van der Waals surface area contributed by atoms with Gasteiger partial charge >= 0.3 is 39.5 Å². The second-order valence-electron chi connectivity index (χ2n) is 25.9. The number of aliphatic hydroxyl groups excluding tert-OH is 1. The summed E-state index contributed by atoms with van der Waals surface area (Å²) < 4.78 is 68.2. The highest BCUT2D eigenvalue weighted by Crippen LogP contribution is 2.45. The molecule has 0 aliphatic rings. The lowest BCUT2D eigenvalue weighted by Crippen LogP contribution is -2.30. The van der Waals surface area contributed by atoms with E-state index in [1.165, 1.54) is 180 Å². The van der Waals surface area contributed by atoms with E-state index in [1.54, 1.807) is 0 Å². The van der Waals surface area contributed by atoms with Crippen LogP contribution in [-0.2, 0) is 65.4 Å². The van der Waals surface area contributed by atoms with Gasteiger partial charge in [-0.3, -0.25) is 37.3 Å². The lowest BCUT2D eigenvalue weighted by molar-refractivity contribution is -0.161. The van der Waals surface area contributed by atoms with E-state index in [0.29, 0.717) is 25.7 Å². The van der Waals surface area contributed by atoms with Crippen LogP contribution >= 0.6 is 15.6 Å². The van der Waals surface area contributed by atoms with E-state index in [0.717, 1.165) is 109 Å². The van der Waals surface area contributed by atoms with Crippen LogP contribution in [0.4, 0.5) is 0 Å². The predicted molar refractivity (Wildman–Crippen MR) is 363 cm³/mol. The van der Waals surface area contributed by atoms with Crippen LogP contribution < -0.4 is 0 Å². The van der Waals surface area contributed by atoms with Crippen LogP contribution in [0.25, 0.3) is 0 Å². The number of esters is 4. The molecule has 0 aliphatic carbocycles. The molecule has 0 aromatic rings. The summed E-state index contributed by atoms with van der Waals surface area (Å²) in [6.07, 6.45) is 51.4. The Morgan fingerprint density at radius 3 is 0.789 bits per heavy atom. The molecule has 0 amide bonds. The van der Waals surface area contributed by atoms with Gasteiger partial charge in [0.1, 0.15) is 19.3 Å². The van der Waals surface area contributed by atoms with Crippen molar-refractivity contribution in [3.63, 3.8) is 0 Å². The molecule has 0 saturated carbocycles. The summed E-state index contributed by atoms with van der Waals surface area (Å²) in [6.45, 7) is 7.23. The van der Waals surface area contributed by atoms with Crippen molar-refractivity contribution in [3.8, 4) is 0 Å². The van der Waals surface area contributed by atoms with Crippen molar-refractivity contribution in [2.45, 2.75) is 387 Å². The Hall–Kier alpha value is -1.94. The average molecular weight is 1330 g/mol. The minimum Gasteiger partial charge on any atom is -0.462 e. The molecule has 0 aliphatic heterocycles. The highest BCUT2D eigenvalue weighted by atomic mass is 31.2. The highest BCUT2D eigenvalue weighted by molar-refractivity contribution is 7.47. The zero-order valence-electron chi connectivity index (χ0n) is 58.3. The number of carbonyl (C=O) groups is 4. The average Bonchev–Trinajstić information content (AvgIpc) is 3.00. The van der Waals surface area contributed by atoms with E-state index in [9.17, 15) is 43.2 Å². The summed E-state index contributed by atoms with van der Waals surface area (Å²) in [4.78, 5) is 72.4. The van der Waals surface area contributed by atoms with Gasteiger partial charge in [-0.2, -0.15) is 0 Å². The summed E-state index contributed by atoms with van der Waals surface area (Å²) in [5.41, 5.74) is 0. The quantitative estimate of drug-likeness (QED) is 0.0222. The molecule has 0 rings (SSSR count). The predicted octanol–water partition coefficient (Wildman–Crippen LogP) is 20.5. The van der Waals surface area contributed by atoms with Crippen LogP contribution in [0.15, 0.2) is 0 Å². The lowest BCUT2D eigenvalue weighted by atomic mass is 9.99. The first-order valence-electron chi connectivity index (χ1n) is 37.2. The molecule has 90 heavy (non-hydrogen) atoms. The maximum atomic E-state index is 13.0. The van der Waals surface area contributed by atoms with Gasteiger partial charge in [-0.15, -0.1) is 0 Å². The summed E-state index contributed by atoms with van der Waals surface area (Å²) in [5, 5.41) is 10.6. The van der Waals surface area contributed by atoms with Crippen LogP contribution in [0.3, 0.4) is 0 Å². The van der Waals surface area contributed by atoms with Crippen molar-refractivity contribution < 1.29 is 80.2 Å². The fraction of sp³-hybridized carbons (Fsp3) is 0.944. The number of carbonyl (C=O) groups excluding carboxylic acids is 4. The van der Waals surface area contributed by atoms with E-state index in [-0.39, 0.29) is 25.7 Å². The van der Waals surface area contributed by atoms with Gasteiger partial charge in [0.05, 0.1) is 26.4 Å². The molecule has 0 aromatic carbocycles. The molecular weight excluding hydrogens is 1190 g/mol. The van der Waals surface area contributed by atoms with Gasteiger partial charge in [0, 0.05) is 25.7 Å². The molecule has 0 heterocycles. The van der Waals surface area contributed by atoms with Crippen molar-refractivity contribution in [2.75, 3.05) is 39.6 Å². The third-order valence-corrected chi connectivity index (χ3v) is 18.8. The highest BCUT2D eigenvalue weighted by Gasteiger charge is 2.30. The summed E-state index contributed by atoms with van der Waals surface area (Å²) in [7, 11) is -9.89. The van der Waals surface area contributed by atoms with Crippen LogP contribution in [0.5, 0.6) is 0 Å². The number of rotatable bonds is 71. The Labute approximate surface area is 549 Å². The molecule has 0 spiro atoms. The lowest BCUT2D eigenvalue weighted by Gasteiger charge is -2.21. The van der Waals surface area contributed by atoms with Gasteiger partial charge in [0.2, 0.25) is 0 Å². The normalized spacial score (nSPS) is 14.4. The summed E-state index contributed by atoms with van der Waals surface area (Å²) >= 11 is 0. The number of phosphoric ester groups is 2. The Bertz CT molecular complexity index is 1740. The minimum atomic E-state index is -4.95. The van der Waals surface area contributed by atoms with Crippen molar-refractivity contribution >= 4 is 39.5 Å². The molecule has 0 bridgehead atoms. The number of hydrogen-bond donors (Lipinski definition) is 3. The fourth-order valence-electron chi connectivity index (χ4n) is 10.8. The largest absolute Gasteiger partial charge is 0.472 e. The van der Waals surface area contributed by atoms with Crippen molar-refractivity contribution in [1.29, 1.82) is 0 Å². The Balaban J connectivity index is 5.18. The molecule has 19 heteroatoms. The van der Waals surface area contributed by atoms with Gasteiger partial charge in [-0.1, -0.05) is 317 Å². The van der Waals surface area contributed by atoms with E-state index in [4.69, 9.17) is 37.0 Å². The zero-order valence-corrected chi connectivity index (χ0v) is 60.1. The van der Waals surface area contributed by atoms with Crippen LogP contribution in [0.1, 0.15) is 369 Å². The number of ether oxygens (including phenoxy) is 4. The second kappa shape index (κ2) is 64.4. The fourth-order valence-corrected chi connectivity index (χ4v) is 12.4. The van der Waals surface area contributed by atoms with Crippen LogP contribution in [0, 0.1) is 5.92 Å². The number of aliphatic hydroxyl groups is 1. The van der Waals surface area contributed by atoms with Gasteiger partial charge in [-0.05, 0) is 31.6 Å². The third-order valence-electron chi connectivity index (χ3n) is 16.9. The molecule has 0 fully saturated rings.